The van der Waals surface area contributed by atoms with E-state index in [1.54, 1.807) is 7.11 Å². The van der Waals surface area contributed by atoms with Crippen LogP contribution < -0.4 is 10.1 Å². The minimum atomic E-state index is 0.536. The van der Waals surface area contributed by atoms with E-state index in [2.05, 4.69) is 25.2 Å². The molecule has 1 rings (SSSR count). The Hall–Kier alpha value is -1.18. The Balaban J connectivity index is 3.08. The van der Waals surface area contributed by atoms with E-state index >= 15 is 0 Å². The van der Waals surface area contributed by atoms with Gasteiger partial charge in [0.25, 0.3) is 0 Å². The molecular weight excluding hydrogens is 162 g/mol. The summed E-state index contributed by atoms with van der Waals surface area (Å²) in [5.74, 6) is 1.43. The van der Waals surface area contributed by atoms with Gasteiger partial charge in [-0.3, -0.25) is 0 Å². The highest BCUT2D eigenvalue weighted by Gasteiger charge is 2.05. The molecule has 2 heteroatoms. The van der Waals surface area contributed by atoms with Gasteiger partial charge < -0.3 is 10.1 Å². The van der Waals surface area contributed by atoms with E-state index in [9.17, 15) is 0 Å². The Morgan fingerprint density at radius 2 is 2.00 bits per heavy atom. The summed E-state index contributed by atoms with van der Waals surface area (Å²) in [6.45, 7) is 4.37. The first kappa shape index (κ1) is 9.90. The molecule has 2 nitrogen and oxygen atoms in total. The van der Waals surface area contributed by atoms with Crippen LogP contribution in [0.3, 0.4) is 0 Å². The predicted octanol–water partition coefficient (Wildman–Crippen LogP) is 2.86. The summed E-state index contributed by atoms with van der Waals surface area (Å²) in [5.41, 5.74) is 2.47. The number of ether oxygens (including phenoxy) is 1. The zero-order valence-electron chi connectivity index (χ0n) is 8.72. The van der Waals surface area contributed by atoms with E-state index < -0.39 is 0 Å². The molecule has 1 N–H and O–H groups in total. The number of methoxy groups -OCH3 is 1. The predicted molar refractivity (Wildman–Crippen MR) is 56.6 cm³/mol. The summed E-state index contributed by atoms with van der Waals surface area (Å²) in [6, 6.07) is 6.13. The molecule has 0 radical (unpaired) electrons. The fourth-order valence-electron chi connectivity index (χ4n) is 1.38. The van der Waals surface area contributed by atoms with Crippen LogP contribution in [0.1, 0.15) is 25.3 Å². The molecule has 13 heavy (non-hydrogen) atoms. The number of anilines is 1. The molecular formula is C11H17NO. The number of nitrogens with one attached hydrogen (secondary N) is 1. The maximum absolute atomic E-state index is 5.15. The summed E-state index contributed by atoms with van der Waals surface area (Å²) in [4.78, 5) is 0. The quantitative estimate of drug-likeness (QED) is 0.770. The molecule has 0 heterocycles. The molecule has 0 aliphatic carbocycles. The summed E-state index contributed by atoms with van der Waals surface area (Å²) < 4.78 is 5.15. The second-order valence-electron chi connectivity index (χ2n) is 3.36. The molecule has 0 bridgehead atoms. The number of benzene rings is 1. The van der Waals surface area contributed by atoms with E-state index in [4.69, 9.17) is 4.74 Å². The molecule has 1 aromatic rings. The molecule has 0 unspecified atom stereocenters. The van der Waals surface area contributed by atoms with Gasteiger partial charge in [0.05, 0.1) is 7.11 Å². The van der Waals surface area contributed by atoms with Crippen molar-refractivity contribution >= 4 is 5.69 Å². The van der Waals surface area contributed by atoms with Gasteiger partial charge in [0.15, 0.2) is 0 Å². The van der Waals surface area contributed by atoms with Gasteiger partial charge >= 0.3 is 0 Å². The molecule has 72 valence electrons. The van der Waals surface area contributed by atoms with E-state index in [-0.39, 0.29) is 0 Å². The van der Waals surface area contributed by atoms with Crippen LogP contribution in [0.2, 0.25) is 0 Å². The van der Waals surface area contributed by atoms with Crippen LogP contribution in [0.4, 0.5) is 5.69 Å². The largest absolute Gasteiger partial charge is 0.497 e. The van der Waals surface area contributed by atoms with E-state index in [0.29, 0.717) is 5.92 Å². The van der Waals surface area contributed by atoms with Crippen LogP contribution in [0.15, 0.2) is 18.2 Å². The first-order valence-electron chi connectivity index (χ1n) is 4.54. The van der Waals surface area contributed by atoms with Crippen molar-refractivity contribution in [3.63, 3.8) is 0 Å². The molecule has 0 spiro atoms. The van der Waals surface area contributed by atoms with Crippen molar-refractivity contribution in [3.05, 3.63) is 23.8 Å². The SMILES string of the molecule is CNc1cc(OC)ccc1C(C)C. The van der Waals surface area contributed by atoms with Gasteiger partial charge in [0, 0.05) is 18.8 Å². The second-order valence-corrected chi connectivity index (χ2v) is 3.36. The van der Waals surface area contributed by atoms with Crippen LogP contribution in [-0.2, 0) is 0 Å². The third-order valence-electron chi connectivity index (χ3n) is 2.15. The molecule has 0 aromatic heterocycles. The third kappa shape index (κ3) is 2.14. The van der Waals surface area contributed by atoms with Gasteiger partial charge in [-0.2, -0.15) is 0 Å². The molecule has 1 aromatic carbocycles. The molecule has 0 amide bonds. The van der Waals surface area contributed by atoms with Gasteiger partial charge in [-0.15, -0.1) is 0 Å². The lowest BCUT2D eigenvalue weighted by atomic mass is 10.0. The van der Waals surface area contributed by atoms with Crippen molar-refractivity contribution in [1.82, 2.24) is 0 Å². The van der Waals surface area contributed by atoms with Gasteiger partial charge in [0.1, 0.15) is 5.75 Å². The van der Waals surface area contributed by atoms with E-state index in [1.165, 1.54) is 5.56 Å². The van der Waals surface area contributed by atoms with Crippen molar-refractivity contribution in [1.29, 1.82) is 0 Å². The van der Waals surface area contributed by atoms with Crippen LogP contribution in [0.5, 0.6) is 5.75 Å². The summed E-state index contributed by atoms with van der Waals surface area (Å²) in [5, 5.41) is 3.17. The average molecular weight is 179 g/mol. The van der Waals surface area contributed by atoms with Crippen molar-refractivity contribution in [2.24, 2.45) is 0 Å². The van der Waals surface area contributed by atoms with Gasteiger partial charge in [0.2, 0.25) is 0 Å². The monoisotopic (exact) mass is 179 g/mol. The van der Waals surface area contributed by atoms with Gasteiger partial charge in [-0.25, -0.2) is 0 Å². The minimum Gasteiger partial charge on any atom is -0.497 e. The summed E-state index contributed by atoms with van der Waals surface area (Å²) in [7, 11) is 3.62. The van der Waals surface area contributed by atoms with Crippen molar-refractivity contribution in [2.45, 2.75) is 19.8 Å². The molecule has 0 atom stereocenters. The van der Waals surface area contributed by atoms with Crippen LogP contribution >= 0.6 is 0 Å². The molecule has 0 saturated heterocycles. The highest BCUT2D eigenvalue weighted by Crippen LogP contribution is 2.27. The van der Waals surface area contributed by atoms with Crippen molar-refractivity contribution in [2.75, 3.05) is 19.5 Å². The Kier molecular flexibility index (Phi) is 3.18. The third-order valence-corrected chi connectivity index (χ3v) is 2.15. The molecule has 0 aliphatic rings. The van der Waals surface area contributed by atoms with Crippen molar-refractivity contribution < 1.29 is 4.74 Å². The lowest BCUT2D eigenvalue weighted by molar-refractivity contribution is 0.415. The van der Waals surface area contributed by atoms with Crippen molar-refractivity contribution in [3.8, 4) is 5.75 Å². The molecule has 0 saturated carbocycles. The lowest BCUT2D eigenvalue weighted by Crippen LogP contribution is -1.97. The summed E-state index contributed by atoms with van der Waals surface area (Å²) in [6.07, 6.45) is 0. The zero-order chi connectivity index (χ0) is 9.84. The van der Waals surface area contributed by atoms with E-state index in [0.717, 1.165) is 11.4 Å². The number of hydrogen-bond acceptors (Lipinski definition) is 2. The van der Waals surface area contributed by atoms with Crippen LogP contribution in [-0.4, -0.2) is 14.2 Å². The maximum Gasteiger partial charge on any atom is 0.120 e. The Morgan fingerprint density at radius 3 is 2.46 bits per heavy atom. The van der Waals surface area contributed by atoms with Gasteiger partial charge in [-0.05, 0) is 17.5 Å². The molecule has 0 fully saturated rings. The summed E-state index contributed by atoms with van der Waals surface area (Å²) >= 11 is 0. The number of hydrogen-bond donors (Lipinski definition) is 1. The fourth-order valence-corrected chi connectivity index (χ4v) is 1.38. The number of rotatable bonds is 3. The maximum atomic E-state index is 5.15. The smallest absolute Gasteiger partial charge is 0.120 e. The molecule has 0 aliphatic heterocycles. The highest BCUT2D eigenvalue weighted by molar-refractivity contribution is 5.56. The van der Waals surface area contributed by atoms with E-state index in [1.807, 2.05) is 19.2 Å². The second kappa shape index (κ2) is 4.17. The highest BCUT2D eigenvalue weighted by atomic mass is 16.5. The normalized spacial score (nSPS) is 10.2. The van der Waals surface area contributed by atoms with Crippen LogP contribution in [0, 0.1) is 0 Å². The van der Waals surface area contributed by atoms with Crippen LogP contribution in [0.25, 0.3) is 0 Å². The Labute approximate surface area is 79.9 Å². The first-order chi connectivity index (χ1) is 6.19. The zero-order valence-corrected chi connectivity index (χ0v) is 8.72. The standard InChI is InChI=1S/C11H17NO/c1-8(2)10-6-5-9(13-4)7-11(10)12-3/h5-8,12H,1-4H3. The Morgan fingerprint density at radius 1 is 1.31 bits per heavy atom. The minimum absolute atomic E-state index is 0.536. The fraction of sp³-hybridized carbons (Fsp3) is 0.455. The Bertz CT molecular complexity index is 281. The lowest BCUT2D eigenvalue weighted by Gasteiger charge is -2.13. The van der Waals surface area contributed by atoms with Gasteiger partial charge in [-0.1, -0.05) is 19.9 Å². The average Bonchev–Trinajstić information content (AvgIpc) is 2.16. The first-order valence-corrected chi connectivity index (χ1v) is 4.54. The topological polar surface area (TPSA) is 21.3 Å².